The molecule has 11 nitrogen and oxygen atoms in total. The number of primary amides is 1. The van der Waals surface area contributed by atoms with E-state index in [1.165, 1.54) is 17.4 Å². The van der Waals surface area contributed by atoms with E-state index >= 15 is 0 Å². The quantitative estimate of drug-likeness (QED) is 0.180. The monoisotopic (exact) mass is 594 g/mol. The predicted molar refractivity (Wildman–Crippen MR) is 160 cm³/mol. The highest BCUT2D eigenvalue weighted by atomic mass is 32.2. The van der Waals surface area contributed by atoms with Crippen molar-refractivity contribution < 1.29 is 22.7 Å². The third kappa shape index (κ3) is 8.03. The summed E-state index contributed by atoms with van der Waals surface area (Å²) < 4.78 is 34.6. The van der Waals surface area contributed by atoms with Crippen molar-refractivity contribution in [3.05, 3.63) is 78.5 Å². The summed E-state index contributed by atoms with van der Waals surface area (Å²) in [4.78, 5) is 28.6. The second-order valence-corrected chi connectivity index (χ2v) is 12.8. The molecule has 214 valence electrons. The standard InChI is InChI=1S/C28H30N6O5S2/c1-28(2,3)34-41(37,38)24-14-20(33-27(36)32-15-17-5-4-6-19(29)13-17)9-12-22(24)23-16-31-25(40-23)18-7-10-21(11-8-18)39-26(30)35/h4-14,16,34H,15,29H2,1-3H3,(H2,30,35)(H2,32,33,36). The number of hydrogen-bond donors (Lipinski definition) is 5. The number of carbonyl (C=O) groups excluding carboxylic acids is 2. The van der Waals surface area contributed by atoms with Crippen LogP contribution in [0.2, 0.25) is 0 Å². The highest BCUT2D eigenvalue weighted by molar-refractivity contribution is 7.89. The maximum Gasteiger partial charge on any atom is 0.409 e. The Hall–Kier alpha value is -4.46. The van der Waals surface area contributed by atoms with E-state index in [4.69, 9.17) is 16.2 Å². The Kier molecular flexibility index (Phi) is 8.61. The molecule has 0 saturated carbocycles. The largest absolute Gasteiger partial charge is 0.411 e. The van der Waals surface area contributed by atoms with Crippen LogP contribution in [-0.2, 0) is 16.6 Å². The molecule has 0 radical (unpaired) electrons. The Morgan fingerprint density at radius 2 is 1.76 bits per heavy atom. The maximum absolute atomic E-state index is 13.5. The number of hydrogen-bond acceptors (Lipinski definition) is 8. The number of benzene rings is 3. The molecule has 13 heteroatoms. The molecule has 0 saturated heterocycles. The second-order valence-electron chi connectivity index (χ2n) is 10.1. The highest BCUT2D eigenvalue weighted by Crippen LogP contribution is 2.37. The summed E-state index contributed by atoms with van der Waals surface area (Å²) in [5.41, 5.74) is 13.0. The number of urea groups is 1. The van der Waals surface area contributed by atoms with Crippen molar-refractivity contribution in [2.24, 2.45) is 5.73 Å². The van der Waals surface area contributed by atoms with Crippen molar-refractivity contribution in [2.45, 2.75) is 37.8 Å². The fourth-order valence-corrected chi connectivity index (χ4v) is 6.55. The summed E-state index contributed by atoms with van der Waals surface area (Å²) in [6, 6.07) is 17.9. The van der Waals surface area contributed by atoms with Crippen molar-refractivity contribution in [3.8, 4) is 26.8 Å². The maximum atomic E-state index is 13.5. The van der Waals surface area contributed by atoms with Crippen LogP contribution in [-0.4, -0.2) is 31.1 Å². The molecule has 3 amide bonds. The average Bonchev–Trinajstić information content (AvgIpc) is 3.36. The van der Waals surface area contributed by atoms with E-state index in [2.05, 4.69) is 20.3 Å². The zero-order valence-electron chi connectivity index (χ0n) is 22.6. The van der Waals surface area contributed by atoms with Gasteiger partial charge in [0, 0.05) is 40.8 Å². The van der Waals surface area contributed by atoms with E-state index in [1.807, 2.05) is 6.07 Å². The molecule has 0 spiro atoms. The summed E-state index contributed by atoms with van der Waals surface area (Å²) >= 11 is 1.29. The molecular weight excluding hydrogens is 564 g/mol. The molecule has 3 aromatic carbocycles. The SMILES string of the molecule is CC(C)(C)NS(=O)(=O)c1cc(NC(=O)NCc2cccc(N)c2)ccc1-c1cnc(-c2ccc(OC(N)=O)cc2)s1. The molecule has 0 aliphatic heterocycles. The number of carbonyl (C=O) groups is 2. The number of aromatic nitrogens is 1. The van der Waals surface area contributed by atoms with Gasteiger partial charge in [-0.2, -0.15) is 0 Å². The van der Waals surface area contributed by atoms with Crippen LogP contribution >= 0.6 is 11.3 Å². The lowest BCUT2D eigenvalue weighted by Gasteiger charge is -2.22. The van der Waals surface area contributed by atoms with Crippen molar-refractivity contribution in [2.75, 3.05) is 11.1 Å². The number of nitrogens with one attached hydrogen (secondary N) is 3. The average molecular weight is 595 g/mol. The second kappa shape index (κ2) is 12.0. The summed E-state index contributed by atoms with van der Waals surface area (Å²) in [6.07, 6.45) is 0.675. The molecule has 1 aromatic heterocycles. The van der Waals surface area contributed by atoms with E-state index in [9.17, 15) is 18.0 Å². The van der Waals surface area contributed by atoms with E-state index < -0.39 is 27.7 Å². The van der Waals surface area contributed by atoms with Gasteiger partial charge in [-0.3, -0.25) is 0 Å². The number of rotatable bonds is 8. The van der Waals surface area contributed by atoms with E-state index in [0.717, 1.165) is 11.1 Å². The van der Waals surface area contributed by atoms with Gasteiger partial charge >= 0.3 is 12.1 Å². The fraction of sp³-hybridized carbons (Fsp3) is 0.179. The lowest BCUT2D eigenvalue weighted by molar-refractivity contribution is 0.211. The molecule has 0 aliphatic rings. The fourth-order valence-electron chi connectivity index (χ4n) is 3.86. The lowest BCUT2D eigenvalue weighted by Crippen LogP contribution is -2.40. The molecule has 0 atom stereocenters. The topological polar surface area (TPSA) is 179 Å². The zero-order valence-corrected chi connectivity index (χ0v) is 24.2. The molecule has 0 fully saturated rings. The van der Waals surface area contributed by atoms with Gasteiger partial charge in [-0.15, -0.1) is 11.3 Å². The summed E-state index contributed by atoms with van der Waals surface area (Å²) in [7, 11) is -4.00. The number of thiazole rings is 1. The molecule has 7 N–H and O–H groups in total. The van der Waals surface area contributed by atoms with Gasteiger partial charge in [-0.1, -0.05) is 18.2 Å². The van der Waals surface area contributed by atoms with E-state index in [0.29, 0.717) is 32.6 Å². The van der Waals surface area contributed by atoms with Crippen LogP contribution in [0.3, 0.4) is 0 Å². The van der Waals surface area contributed by atoms with Gasteiger partial charge in [0.2, 0.25) is 10.0 Å². The smallest absolute Gasteiger partial charge is 0.409 e. The van der Waals surface area contributed by atoms with Crippen LogP contribution in [0.1, 0.15) is 26.3 Å². The van der Waals surface area contributed by atoms with Gasteiger partial charge in [-0.25, -0.2) is 27.7 Å². The first-order chi connectivity index (χ1) is 19.3. The zero-order chi connectivity index (χ0) is 29.8. The van der Waals surface area contributed by atoms with Gasteiger partial charge in [0.15, 0.2) is 0 Å². The number of nitrogens with two attached hydrogens (primary N) is 2. The highest BCUT2D eigenvalue weighted by Gasteiger charge is 2.26. The van der Waals surface area contributed by atoms with Gasteiger partial charge in [0.05, 0.1) is 9.77 Å². The van der Waals surface area contributed by atoms with Gasteiger partial charge < -0.3 is 26.8 Å². The molecule has 0 bridgehead atoms. The Morgan fingerprint density at radius 3 is 2.41 bits per heavy atom. The minimum atomic E-state index is -4.00. The van der Waals surface area contributed by atoms with Gasteiger partial charge in [0.1, 0.15) is 10.8 Å². The Bertz CT molecular complexity index is 1680. The number of nitrogens with zero attached hydrogens (tertiary/aromatic N) is 1. The van der Waals surface area contributed by atoms with Crippen molar-refractivity contribution in [3.63, 3.8) is 0 Å². The number of sulfonamides is 1. The van der Waals surface area contributed by atoms with Crippen LogP contribution in [0, 0.1) is 0 Å². The predicted octanol–water partition coefficient (Wildman–Crippen LogP) is 4.92. The number of ether oxygens (including phenoxy) is 1. The summed E-state index contributed by atoms with van der Waals surface area (Å²) in [6.45, 7) is 5.47. The number of amides is 3. The minimum absolute atomic E-state index is 0.0125. The molecule has 41 heavy (non-hydrogen) atoms. The third-order valence-electron chi connectivity index (χ3n) is 5.46. The molecule has 0 aliphatic carbocycles. The van der Waals surface area contributed by atoms with E-state index in [1.54, 1.807) is 81.6 Å². The van der Waals surface area contributed by atoms with Gasteiger partial charge in [-0.05, 0) is 74.9 Å². The Labute approximate surface area is 242 Å². The molecular formula is C28H30N6O5S2. The Morgan fingerprint density at radius 1 is 1.02 bits per heavy atom. The third-order valence-corrected chi connectivity index (χ3v) is 8.34. The normalized spacial score (nSPS) is 11.6. The van der Waals surface area contributed by atoms with E-state index in [-0.39, 0.29) is 11.4 Å². The first-order valence-corrected chi connectivity index (χ1v) is 14.7. The molecule has 0 unspecified atom stereocenters. The van der Waals surface area contributed by atoms with Crippen molar-refractivity contribution >= 4 is 44.9 Å². The van der Waals surface area contributed by atoms with Crippen LogP contribution < -0.4 is 31.6 Å². The van der Waals surface area contributed by atoms with Crippen LogP contribution in [0.15, 0.2) is 77.8 Å². The number of nitrogen functional groups attached to an aromatic ring is 1. The van der Waals surface area contributed by atoms with Crippen molar-refractivity contribution in [1.82, 2.24) is 15.0 Å². The number of anilines is 2. The van der Waals surface area contributed by atoms with Crippen LogP contribution in [0.4, 0.5) is 21.0 Å². The van der Waals surface area contributed by atoms with Crippen molar-refractivity contribution in [1.29, 1.82) is 0 Å². The molecule has 4 aromatic rings. The van der Waals surface area contributed by atoms with Gasteiger partial charge in [0.25, 0.3) is 0 Å². The molecule has 1 heterocycles. The van der Waals surface area contributed by atoms with Crippen LogP contribution in [0.25, 0.3) is 21.0 Å². The first-order valence-electron chi connectivity index (χ1n) is 12.4. The molecule has 4 rings (SSSR count). The van der Waals surface area contributed by atoms with Crippen LogP contribution in [0.5, 0.6) is 5.75 Å². The Balaban J connectivity index is 1.62. The minimum Gasteiger partial charge on any atom is -0.411 e. The summed E-state index contributed by atoms with van der Waals surface area (Å²) in [5.74, 6) is 0.291. The lowest BCUT2D eigenvalue weighted by atomic mass is 10.1. The summed E-state index contributed by atoms with van der Waals surface area (Å²) in [5, 5.41) is 6.07. The first kappa shape index (κ1) is 29.5.